The lowest BCUT2D eigenvalue weighted by atomic mass is 9.72. The summed E-state index contributed by atoms with van der Waals surface area (Å²) in [5, 5.41) is 8.21. The molecular weight excluding hydrogens is 234 g/mol. The highest BCUT2D eigenvalue weighted by Gasteiger charge is 2.32. The molecule has 1 aliphatic rings. The van der Waals surface area contributed by atoms with Gasteiger partial charge >= 0.3 is 0 Å². The molecule has 0 aromatic carbocycles. The van der Waals surface area contributed by atoms with Gasteiger partial charge in [-0.25, -0.2) is 0 Å². The van der Waals surface area contributed by atoms with Gasteiger partial charge in [0.2, 0.25) is 0 Å². The lowest BCUT2D eigenvalue weighted by molar-refractivity contribution is 0.180. The molecular formula is C16H29N3. The first-order valence-electron chi connectivity index (χ1n) is 7.90. The third kappa shape index (κ3) is 3.02. The Morgan fingerprint density at radius 1 is 1.37 bits per heavy atom. The first kappa shape index (κ1) is 14.6. The fraction of sp³-hybridized carbons (Fsp3) is 0.812. The van der Waals surface area contributed by atoms with Crippen LogP contribution in [-0.4, -0.2) is 16.8 Å². The number of rotatable bonds is 5. The number of aryl methyl sites for hydroxylation is 2. The average molecular weight is 263 g/mol. The molecule has 3 nitrogen and oxygen atoms in total. The monoisotopic (exact) mass is 263 g/mol. The zero-order valence-electron chi connectivity index (χ0n) is 12.9. The van der Waals surface area contributed by atoms with Gasteiger partial charge in [0.25, 0.3) is 0 Å². The Morgan fingerprint density at radius 2 is 2.11 bits per heavy atom. The number of aromatic nitrogens is 2. The van der Waals surface area contributed by atoms with Gasteiger partial charge in [0.15, 0.2) is 0 Å². The lowest BCUT2D eigenvalue weighted by Crippen LogP contribution is -2.33. The Hall–Kier alpha value is -0.830. The van der Waals surface area contributed by atoms with E-state index in [0.29, 0.717) is 6.04 Å². The van der Waals surface area contributed by atoms with Gasteiger partial charge in [0.05, 0.1) is 5.69 Å². The van der Waals surface area contributed by atoms with Crippen molar-refractivity contribution in [3.63, 3.8) is 0 Å². The Balaban J connectivity index is 2.26. The number of nitrogens with zero attached hydrogens (tertiary/aromatic N) is 2. The summed E-state index contributed by atoms with van der Waals surface area (Å²) >= 11 is 0. The fourth-order valence-electron chi connectivity index (χ4n) is 3.87. The Morgan fingerprint density at radius 3 is 2.74 bits per heavy atom. The third-order valence-electron chi connectivity index (χ3n) is 4.84. The molecule has 0 radical (unpaired) electrons. The summed E-state index contributed by atoms with van der Waals surface area (Å²) in [5.41, 5.74) is 2.69. The summed E-state index contributed by atoms with van der Waals surface area (Å²) in [6.45, 7) is 4.55. The minimum atomic E-state index is 0.480. The van der Waals surface area contributed by atoms with Crippen LogP contribution in [0.15, 0.2) is 6.20 Å². The van der Waals surface area contributed by atoms with Gasteiger partial charge in [-0.15, -0.1) is 0 Å². The summed E-state index contributed by atoms with van der Waals surface area (Å²) < 4.78 is 1.97. The molecule has 1 aromatic rings. The Labute approximate surface area is 117 Å². The molecule has 1 N–H and O–H groups in total. The van der Waals surface area contributed by atoms with E-state index in [1.54, 1.807) is 0 Å². The summed E-state index contributed by atoms with van der Waals surface area (Å²) in [7, 11) is 4.14. The molecule has 3 atom stereocenters. The van der Waals surface area contributed by atoms with E-state index >= 15 is 0 Å². The lowest BCUT2D eigenvalue weighted by Gasteiger charge is -2.36. The molecule has 1 aliphatic carbocycles. The van der Waals surface area contributed by atoms with Gasteiger partial charge in [0, 0.05) is 24.8 Å². The predicted octanol–water partition coefficient (Wildman–Crippen LogP) is 3.46. The average Bonchev–Trinajstić information content (AvgIpc) is 2.81. The van der Waals surface area contributed by atoms with Gasteiger partial charge in [-0.2, -0.15) is 5.10 Å². The van der Waals surface area contributed by atoms with Crippen LogP contribution in [0.3, 0.4) is 0 Å². The van der Waals surface area contributed by atoms with Crippen molar-refractivity contribution in [1.29, 1.82) is 0 Å². The van der Waals surface area contributed by atoms with Crippen LogP contribution in [0.4, 0.5) is 0 Å². The maximum atomic E-state index is 4.62. The molecule has 1 aromatic heterocycles. The quantitative estimate of drug-likeness (QED) is 0.881. The molecule has 0 bridgehead atoms. The molecule has 1 heterocycles. The molecule has 19 heavy (non-hydrogen) atoms. The van der Waals surface area contributed by atoms with Crippen LogP contribution in [0.2, 0.25) is 0 Å². The van der Waals surface area contributed by atoms with Crippen molar-refractivity contribution < 1.29 is 0 Å². The van der Waals surface area contributed by atoms with Crippen molar-refractivity contribution in [2.45, 2.75) is 58.4 Å². The van der Waals surface area contributed by atoms with E-state index in [-0.39, 0.29) is 0 Å². The fourth-order valence-corrected chi connectivity index (χ4v) is 3.87. The molecule has 3 unspecified atom stereocenters. The normalized spacial score (nSPS) is 25.5. The van der Waals surface area contributed by atoms with Gasteiger partial charge < -0.3 is 5.32 Å². The molecule has 1 saturated carbocycles. The van der Waals surface area contributed by atoms with Crippen LogP contribution in [0.1, 0.15) is 63.3 Å². The second-order valence-corrected chi connectivity index (χ2v) is 5.94. The second-order valence-electron chi connectivity index (χ2n) is 5.94. The van der Waals surface area contributed by atoms with Crippen LogP contribution in [0, 0.1) is 11.8 Å². The summed E-state index contributed by atoms with van der Waals surface area (Å²) in [4.78, 5) is 0. The molecule has 0 aliphatic heterocycles. The highest BCUT2D eigenvalue weighted by atomic mass is 15.3. The van der Waals surface area contributed by atoms with Crippen molar-refractivity contribution in [3.8, 4) is 0 Å². The minimum Gasteiger partial charge on any atom is -0.313 e. The highest BCUT2D eigenvalue weighted by molar-refractivity contribution is 5.22. The van der Waals surface area contributed by atoms with Gasteiger partial charge in [-0.1, -0.05) is 39.5 Å². The molecule has 0 saturated heterocycles. The van der Waals surface area contributed by atoms with Gasteiger partial charge in [-0.3, -0.25) is 4.68 Å². The van der Waals surface area contributed by atoms with Crippen LogP contribution >= 0.6 is 0 Å². The highest BCUT2D eigenvalue weighted by Crippen LogP contribution is 2.40. The Kier molecular flexibility index (Phi) is 5.03. The van der Waals surface area contributed by atoms with E-state index in [0.717, 1.165) is 18.3 Å². The molecule has 0 amide bonds. The Bertz CT molecular complexity index is 397. The SMILES string of the molecule is CCc1nn(C)cc1C(NC)C1CCCCC1CC. The zero-order chi connectivity index (χ0) is 13.8. The van der Waals surface area contributed by atoms with Crippen LogP contribution in [-0.2, 0) is 13.5 Å². The van der Waals surface area contributed by atoms with Crippen molar-refractivity contribution in [1.82, 2.24) is 15.1 Å². The number of nitrogens with one attached hydrogen (secondary N) is 1. The third-order valence-corrected chi connectivity index (χ3v) is 4.84. The van der Waals surface area contributed by atoms with Crippen molar-refractivity contribution in [2.24, 2.45) is 18.9 Å². The topological polar surface area (TPSA) is 29.9 Å². The standard InChI is InChI=1S/C16H29N3/c1-5-12-9-7-8-10-13(12)16(17-3)14-11-19(4)18-15(14)6-2/h11-13,16-17H,5-10H2,1-4H3. The van der Waals surface area contributed by atoms with E-state index in [1.807, 2.05) is 11.7 Å². The molecule has 0 spiro atoms. The van der Waals surface area contributed by atoms with Crippen LogP contribution in [0.5, 0.6) is 0 Å². The maximum Gasteiger partial charge on any atom is 0.0669 e. The summed E-state index contributed by atoms with van der Waals surface area (Å²) in [5.74, 6) is 1.65. The molecule has 108 valence electrons. The van der Waals surface area contributed by atoms with E-state index in [9.17, 15) is 0 Å². The smallest absolute Gasteiger partial charge is 0.0669 e. The predicted molar refractivity (Wildman–Crippen MR) is 80.1 cm³/mol. The van der Waals surface area contributed by atoms with Gasteiger partial charge in [-0.05, 0) is 31.7 Å². The largest absolute Gasteiger partial charge is 0.313 e. The van der Waals surface area contributed by atoms with Crippen LogP contribution < -0.4 is 5.32 Å². The number of hydrogen-bond acceptors (Lipinski definition) is 2. The minimum absolute atomic E-state index is 0.480. The van der Waals surface area contributed by atoms with Crippen LogP contribution in [0.25, 0.3) is 0 Å². The first-order valence-corrected chi connectivity index (χ1v) is 7.90. The number of hydrogen-bond donors (Lipinski definition) is 1. The maximum absolute atomic E-state index is 4.62. The summed E-state index contributed by atoms with van der Waals surface area (Å²) in [6, 6.07) is 0.480. The molecule has 2 rings (SSSR count). The van der Waals surface area contributed by atoms with Crippen molar-refractivity contribution in [3.05, 3.63) is 17.5 Å². The van der Waals surface area contributed by atoms with Crippen molar-refractivity contribution >= 4 is 0 Å². The van der Waals surface area contributed by atoms with E-state index < -0.39 is 0 Å². The molecule has 3 heteroatoms. The van der Waals surface area contributed by atoms with Gasteiger partial charge in [0.1, 0.15) is 0 Å². The zero-order valence-corrected chi connectivity index (χ0v) is 12.9. The van der Waals surface area contributed by atoms with Crippen molar-refractivity contribution in [2.75, 3.05) is 7.05 Å². The van der Waals surface area contributed by atoms with E-state index in [2.05, 4.69) is 37.5 Å². The molecule has 1 fully saturated rings. The summed E-state index contributed by atoms with van der Waals surface area (Å²) in [6.07, 6.45) is 10.1. The van der Waals surface area contributed by atoms with E-state index in [4.69, 9.17) is 0 Å². The first-order chi connectivity index (χ1) is 9.21. The second kappa shape index (κ2) is 6.56. The van der Waals surface area contributed by atoms with E-state index in [1.165, 1.54) is 43.4 Å².